The fourth-order valence-corrected chi connectivity index (χ4v) is 6.01. The number of nitrogens with zero attached hydrogens (tertiary/aromatic N) is 2. The third-order valence-corrected chi connectivity index (χ3v) is 8.63. The number of amides is 1. The van der Waals surface area contributed by atoms with E-state index < -0.39 is 43.2 Å². The molecular weight excluding hydrogens is 534 g/mol. The standard InChI is InChI=1S/C29H31N3O7S/c1-16(21(14-30)28(36)31-25-27(35)26(34)22(15-33)39-29(25)37)23-6-7-24(40-23)19-3-2-18-13-20(5-4-17(18)12-19)32-8-10-38-11-9-32/h2-7,12-13,22,25-27,29,33-35,37H,8-11,15H2,1H3,(H,31,36)/b21-16+/t22-,25-,26-,27-,29?/m1/s1. The fourth-order valence-electron chi connectivity index (χ4n) is 5.00. The molecule has 2 aliphatic heterocycles. The summed E-state index contributed by atoms with van der Waals surface area (Å²) in [6.45, 7) is 4.24. The fraction of sp³-hybridized carbons (Fsp3) is 0.379. The number of benzene rings is 2. The summed E-state index contributed by atoms with van der Waals surface area (Å²) in [7, 11) is 0. The second-order valence-electron chi connectivity index (χ2n) is 9.85. The van der Waals surface area contributed by atoms with E-state index in [1.807, 2.05) is 18.2 Å². The molecule has 1 aromatic heterocycles. The Morgan fingerprint density at radius 1 is 1.07 bits per heavy atom. The van der Waals surface area contributed by atoms with Crippen LogP contribution in [0.1, 0.15) is 11.8 Å². The van der Waals surface area contributed by atoms with E-state index in [9.17, 15) is 30.5 Å². The summed E-state index contributed by atoms with van der Waals surface area (Å²) in [5, 5.41) is 54.2. The number of aliphatic hydroxyl groups excluding tert-OH is 4. The van der Waals surface area contributed by atoms with Gasteiger partial charge in [-0.1, -0.05) is 18.2 Å². The van der Waals surface area contributed by atoms with Gasteiger partial charge in [0.2, 0.25) is 0 Å². The second-order valence-corrected chi connectivity index (χ2v) is 10.9. The topological polar surface area (TPSA) is 156 Å². The monoisotopic (exact) mass is 565 g/mol. The molecule has 2 aromatic carbocycles. The summed E-state index contributed by atoms with van der Waals surface area (Å²) < 4.78 is 10.5. The zero-order valence-electron chi connectivity index (χ0n) is 21.9. The molecule has 0 saturated carbocycles. The molecule has 0 radical (unpaired) electrons. The van der Waals surface area contributed by atoms with Gasteiger partial charge in [-0.3, -0.25) is 4.79 Å². The molecule has 5 atom stereocenters. The maximum absolute atomic E-state index is 13.0. The number of aliphatic hydroxyl groups is 4. The largest absolute Gasteiger partial charge is 0.394 e. The molecule has 210 valence electrons. The van der Waals surface area contributed by atoms with Crippen LogP contribution in [0.2, 0.25) is 0 Å². The zero-order valence-corrected chi connectivity index (χ0v) is 22.7. The van der Waals surface area contributed by atoms with Crippen LogP contribution in [0.15, 0.2) is 54.1 Å². The summed E-state index contributed by atoms with van der Waals surface area (Å²) in [5.74, 6) is -0.821. The molecule has 40 heavy (non-hydrogen) atoms. The lowest BCUT2D eigenvalue weighted by Crippen LogP contribution is -2.64. The Labute approximate surface area is 235 Å². The van der Waals surface area contributed by atoms with E-state index >= 15 is 0 Å². The van der Waals surface area contributed by atoms with Crippen LogP contribution in [0, 0.1) is 11.3 Å². The smallest absolute Gasteiger partial charge is 0.262 e. The molecule has 2 saturated heterocycles. The number of nitrogens with one attached hydrogen (secondary N) is 1. The first-order valence-electron chi connectivity index (χ1n) is 13.0. The summed E-state index contributed by atoms with van der Waals surface area (Å²) in [6, 6.07) is 17.0. The molecule has 2 aliphatic rings. The molecule has 2 fully saturated rings. The van der Waals surface area contributed by atoms with Crippen LogP contribution < -0.4 is 10.2 Å². The quantitative estimate of drug-likeness (QED) is 0.221. The van der Waals surface area contributed by atoms with Gasteiger partial charge in [0.05, 0.1) is 19.8 Å². The number of fused-ring (bicyclic) bond motifs is 1. The average Bonchev–Trinajstić information content (AvgIpc) is 3.48. The van der Waals surface area contributed by atoms with Gasteiger partial charge in [0.1, 0.15) is 36.0 Å². The van der Waals surface area contributed by atoms with Gasteiger partial charge in [-0.15, -0.1) is 11.3 Å². The minimum Gasteiger partial charge on any atom is -0.394 e. The van der Waals surface area contributed by atoms with Crippen molar-refractivity contribution in [2.24, 2.45) is 0 Å². The number of morpholine rings is 1. The number of allylic oxidation sites excluding steroid dienone is 1. The molecular formula is C29H31N3O7S. The predicted octanol–water partition coefficient (Wildman–Crippen LogP) is 1.62. The van der Waals surface area contributed by atoms with Crippen molar-refractivity contribution < 1.29 is 34.7 Å². The number of carbonyl (C=O) groups is 1. The summed E-state index contributed by atoms with van der Waals surface area (Å²) in [4.78, 5) is 17.0. The first kappa shape index (κ1) is 28.2. The van der Waals surface area contributed by atoms with Crippen molar-refractivity contribution in [3.63, 3.8) is 0 Å². The van der Waals surface area contributed by atoms with Crippen LogP contribution in [0.3, 0.4) is 0 Å². The average molecular weight is 566 g/mol. The van der Waals surface area contributed by atoms with Gasteiger partial charge in [-0.25, -0.2) is 0 Å². The molecule has 0 spiro atoms. The first-order chi connectivity index (χ1) is 19.3. The van der Waals surface area contributed by atoms with Gasteiger partial charge < -0.3 is 40.1 Å². The van der Waals surface area contributed by atoms with Crippen molar-refractivity contribution in [3.05, 3.63) is 59.0 Å². The van der Waals surface area contributed by atoms with Crippen molar-refractivity contribution in [3.8, 4) is 16.5 Å². The first-order valence-corrected chi connectivity index (χ1v) is 13.8. The number of rotatable bonds is 6. The Balaban J connectivity index is 1.34. The van der Waals surface area contributed by atoms with Crippen molar-refractivity contribution >= 4 is 39.3 Å². The molecule has 3 aromatic rings. The van der Waals surface area contributed by atoms with Crippen LogP contribution in [0.25, 0.3) is 26.8 Å². The molecule has 10 nitrogen and oxygen atoms in total. The lowest BCUT2D eigenvalue weighted by molar-refractivity contribution is -0.253. The van der Waals surface area contributed by atoms with E-state index in [1.54, 1.807) is 6.92 Å². The Morgan fingerprint density at radius 3 is 2.52 bits per heavy atom. The highest BCUT2D eigenvalue weighted by Gasteiger charge is 2.44. The lowest BCUT2D eigenvalue weighted by atomic mass is 9.96. The number of hydrogen-bond acceptors (Lipinski definition) is 10. The predicted molar refractivity (Wildman–Crippen MR) is 150 cm³/mol. The molecule has 1 amide bonds. The van der Waals surface area contributed by atoms with Gasteiger partial charge >= 0.3 is 0 Å². The molecule has 11 heteroatoms. The van der Waals surface area contributed by atoms with Crippen LogP contribution in [0.5, 0.6) is 0 Å². The zero-order chi connectivity index (χ0) is 28.4. The van der Waals surface area contributed by atoms with Gasteiger partial charge in [-0.05, 0) is 59.2 Å². The van der Waals surface area contributed by atoms with Crippen LogP contribution >= 0.6 is 11.3 Å². The van der Waals surface area contributed by atoms with E-state index in [1.165, 1.54) is 17.0 Å². The molecule has 5 N–H and O–H groups in total. The van der Waals surface area contributed by atoms with Gasteiger partial charge in [0, 0.05) is 28.5 Å². The maximum Gasteiger partial charge on any atom is 0.262 e. The number of anilines is 1. The van der Waals surface area contributed by atoms with Crippen LogP contribution in [-0.4, -0.2) is 89.9 Å². The highest BCUT2D eigenvalue weighted by molar-refractivity contribution is 7.16. The Kier molecular flexibility index (Phi) is 8.48. The summed E-state index contributed by atoms with van der Waals surface area (Å²) in [5.41, 5.74) is 2.42. The number of nitriles is 1. The Morgan fingerprint density at radius 2 is 1.80 bits per heavy atom. The Bertz CT molecular complexity index is 1460. The van der Waals surface area contributed by atoms with Gasteiger partial charge in [0.15, 0.2) is 6.29 Å². The number of ether oxygens (including phenoxy) is 2. The highest BCUT2D eigenvalue weighted by atomic mass is 32.1. The normalized spacial score (nSPS) is 25.8. The van der Waals surface area contributed by atoms with Gasteiger partial charge in [0.25, 0.3) is 5.91 Å². The molecule has 0 bridgehead atoms. The maximum atomic E-state index is 13.0. The molecule has 3 heterocycles. The van der Waals surface area contributed by atoms with Crippen molar-refractivity contribution in [2.45, 2.75) is 37.6 Å². The van der Waals surface area contributed by atoms with E-state index in [2.05, 4.69) is 46.6 Å². The number of hydrogen-bond donors (Lipinski definition) is 5. The molecule has 1 unspecified atom stereocenters. The molecule has 5 rings (SSSR count). The van der Waals surface area contributed by atoms with E-state index in [4.69, 9.17) is 9.47 Å². The summed E-state index contributed by atoms with van der Waals surface area (Å²) >= 11 is 1.44. The Hall–Kier alpha value is -3.34. The van der Waals surface area contributed by atoms with E-state index in [0.717, 1.165) is 47.5 Å². The van der Waals surface area contributed by atoms with Crippen molar-refractivity contribution in [2.75, 3.05) is 37.8 Å². The molecule has 0 aliphatic carbocycles. The van der Waals surface area contributed by atoms with Crippen LogP contribution in [-0.2, 0) is 14.3 Å². The number of carbonyl (C=O) groups excluding carboxylic acids is 1. The minimum atomic E-state index is -1.68. The highest BCUT2D eigenvalue weighted by Crippen LogP contribution is 2.35. The second kappa shape index (κ2) is 12.0. The third-order valence-electron chi connectivity index (χ3n) is 7.37. The van der Waals surface area contributed by atoms with Crippen molar-refractivity contribution in [1.29, 1.82) is 5.26 Å². The lowest BCUT2D eigenvalue weighted by Gasteiger charge is -2.40. The third kappa shape index (κ3) is 5.61. The SMILES string of the molecule is C/C(=C(/C#N)C(=O)N[C@H]1C(O)O[C@H](CO)[C@@H](O)[C@@H]1O)c1ccc(-c2ccc3cc(N4CCOCC4)ccc3c2)s1. The van der Waals surface area contributed by atoms with E-state index in [0.29, 0.717) is 10.5 Å². The summed E-state index contributed by atoms with van der Waals surface area (Å²) in [6.07, 6.45) is -6.00. The van der Waals surface area contributed by atoms with E-state index in [-0.39, 0.29) is 5.57 Å². The van der Waals surface area contributed by atoms with Crippen molar-refractivity contribution in [1.82, 2.24) is 5.32 Å². The van der Waals surface area contributed by atoms with Gasteiger partial charge in [-0.2, -0.15) is 5.26 Å². The van der Waals surface area contributed by atoms with Crippen LogP contribution in [0.4, 0.5) is 5.69 Å². The minimum absolute atomic E-state index is 0.194. The number of thiophene rings is 1.